The van der Waals surface area contributed by atoms with Gasteiger partial charge in [-0.3, -0.25) is 0 Å². The zero-order chi connectivity index (χ0) is 9.97. The molecule has 0 spiro atoms. The molecule has 14 heavy (non-hydrogen) atoms. The van der Waals surface area contributed by atoms with E-state index in [1.807, 2.05) is 18.2 Å². The molecular weight excluding hydrogens is 176 g/mol. The average molecular weight is 190 g/mol. The van der Waals surface area contributed by atoms with Crippen LogP contribution in [0.25, 0.3) is 5.57 Å². The fourth-order valence-electron chi connectivity index (χ4n) is 1.47. The number of fused-ring (bicyclic) bond motifs is 1. The Bertz CT molecular complexity index is 355. The second-order valence-electron chi connectivity index (χ2n) is 3.40. The van der Waals surface area contributed by atoms with Crippen LogP contribution in [0.2, 0.25) is 0 Å². The predicted octanol–water partition coefficient (Wildman–Crippen LogP) is 2.88. The van der Waals surface area contributed by atoms with Gasteiger partial charge in [0.05, 0.1) is 6.61 Å². The average Bonchev–Trinajstić information content (AvgIpc) is 2.57. The summed E-state index contributed by atoms with van der Waals surface area (Å²) in [5.74, 6) is 1.77. The van der Waals surface area contributed by atoms with E-state index in [0.29, 0.717) is 6.61 Å². The zero-order valence-electron chi connectivity index (χ0n) is 8.38. The molecule has 0 amide bonds. The van der Waals surface area contributed by atoms with E-state index in [-0.39, 0.29) is 0 Å². The van der Waals surface area contributed by atoms with Crippen LogP contribution in [0, 0.1) is 0 Å². The molecular formula is C12H14O2. The first-order chi connectivity index (χ1) is 6.81. The SMILES string of the molecule is C=C1COc2cc(OCCC)ccc21. The molecule has 0 bridgehead atoms. The monoisotopic (exact) mass is 190 g/mol. The van der Waals surface area contributed by atoms with E-state index >= 15 is 0 Å². The second kappa shape index (κ2) is 3.74. The lowest BCUT2D eigenvalue weighted by Gasteiger charge is -2.05. The zero-order valence-corrected chi connectivity index (χ0v) is 8.38. The quantitative estimate of drug-likeness (QED) is 0.729. The van der Waals surface area contributed by atoms with Crippen molar-refractivity contribution in [1.82, 2.24) is 0 Å². The molecule has 74 valence electrons. The minimum Gasteiger partial charge on any atom is -0.493 e. The van der Waals surface area contributed by atoms with Crippen molar-refractivity contribution in [1.29, 1.82) is 0 Å². The maximum atomic E-state index is 5.51. The minimum atomic E-state index is 0.604. The first kappa shape index (κ1) is 9.13. The Morgan fingerprint density at radius 3 is 3.14 bits per heavy atom. The molecule has 0 saturated heterocycles. The van der Waals surface area contributed by atoms with E-state index in [2.05, 4.69) is 13.5 Å². The Labute approximate surface area is 84.2 Å². The van der Waals surface area contributed by atoms with Crippen molar-refractivity contribution < 1.29 is 9.47 Å². The number of hydrogen-bond acceptors (Lipinski definition) is 2. The molecule has 0 fully saturated rings. The Kier molecular flexibility index (Phi) is 2.44. The first-order valence-electron chi connectivity index (χ1n) is 4.89. The van der Waals surface area contributed by atoms with Gasteiger partial charge in [-0.25, -0.2) is 0 Å². The molecule has 0 unspecified atom stereocenters. The molecule has 0 N–H and O–H groups in total. The summed E-state index contributed by atoms with van der Waals surface area (Å²) in [6, 6.07) is 5.91. The summed E-state index contributed by atoms with van der Waals surface area (Å²) in [7, 11) is 0. The number of rotatable bonds is 3. The molecule has 1 heterocycles. The molecule has 1 aromatic carbocycles. The van der Waals surface area contributed by atoms with Gasteiger partial charge in [-0.15, -0.1) is 0 Å². The normalized spacial score (nSPS) is 13.6. The van der Waals surface area contributed by atoms with E-state index in [4.69, 9.17) is 9.47 Å². The lowest BCUT2D eigenvalue weighted by atomic mass is 10.1. The van der Waals surface area contributed by atoms with E-state index in [9.17, 15) is 0 Å². The van der Waals surface area contributed by atoms with Crippen LogP contribution in [0.5, 0.6) is 11.5 Å². The molecule has 0 aliphatic carbocycles. The largest absolute Gasteiger partial charge is 0.493 e. The van der Waals surface area contributed by atoms with Gasteiger partial charge in [0.1, 0.15) is 18.1 Å². The maximum Gasteiger partial charge on any atom is 0.131 e. The summed E-state index contributed by atoms with van der Waals surface area (Å²) in [5, 5.41) is 0. The van der Waals surface area contributed by atoms with Gasteiger partial charge in [-0.2, -0.15) is 0 Å². The van der Waals surface area contributed by atoms with Gasteiger partial charge < -0.3 is 9.47 Å². The van der Waals surface area contributed by atoms with E-state index < -0.39 is 0 Å². The topological polar surface area (TPSA) is 18.5 Å². The highest BCUT2D eigenvalue weighted by Crippen LogP contribution is 2.34. The van der Waals surface area contributed by atoms with E-state index in [1.165, 1.54) is 0 Å². The van der Waals surface area contributed by atoms with Gasteiger partial charge in [0.2, 0.25) is 0 Å². The third kappa shape index (κ3) is 1.60. The molecule has 0 atom stereocenters. The van der Waals surface area contributed by atoms with Crippen LogP contribution in [0.1, 0.15) is 18.9 Å². The molecule has 0 aromatic heterocycles. The minimum absolute atomic E-state index is 0.604. The summed E-state index contributed by atoms with van der Waals surface area (Å²) in [5.41, 5.74) is 2.15. The summed E-state index contributed by atoms with van der Waals surface area (Å²) >= 11 is 0. The van der Waals surface area contributed by atoms with Crippen molar-refractivity contribution in [3.05, 3.63) is 30.3 Å². The molecule has 2 rings (SSSR count). The Hall–Kier alpha value is -1.44. The van der Waals surface area contributed by atoms with Gasteiger partial charge in [-0.05, 0) is 24.1 Å². The van der Waals surface area contributed by atoms with Crippen molar-refractivity contribution in [3.63, 3.8) is 0 Å². The Balaban J connectivity index is 2.19. The lowest BCUT2D eigenvalue weighted by Crippen LogP contribution is -1.94. The summed E-state index contributed by atoms with van der Waals surface area (Å²) in [6.07, 6.45) is 1.02. The van der Waals surface area contributed by atoms with Gasteiger partial charge >= 0.3 is 0 Å². The maximum absolute atomic E-state index is 5.51. The van der Waals surface area contributed by atoms with Gasteiger partial charge in [0.15, 0.2) is 0 Å². The second-order valence-corrected chi connectivity index (χ2v) is 3.40. The predicted molar refractivity (Wildman–Crippen MR) is 56.8 cm³/mol. The van der Waals surface area contributed by atoms with Crippen molar-refractivity contribution in [3.8, 4) is 11.5 Å². The van der Waals surface area contributed by atoms with Crippen LogP contribution >= 0.6 is 0 Å². The van der Waals surface area contributed by atoms with Crippen LogP contribution in [0.4, 0.5) is 0 Å². The molecule has 1 aromatic rings. The highest BCUT2D eigenvalue weighted by atomic mass is 16.5. The van der Waals surface area contributed by atoms with Gasteiger partial charge in [-0.1, -0.05) is 13.5 Å². The van der Waals surface area contributed by atoms with Crippen molar-refractivity contribution >= 4 is 5.57 Å². The molecule has 2 heteroatoms. The number of hydrogen-bond donors (Lipinski definition) is 0. The van der Waals surface area contributed by atoms with Gasteiger partial charge in [0.25, 0.3) is 0 Å². The Morgan fingerprint density at radius 2 is 2.36 bits per heavy atom. The van der Waals surface area contributed by atoms with E-state index in [0.717, 1.165) is 35.7 Å². The number of ether oxygens (including phenoxy) is 2. The molecule has 1 aliphatic heterocycles. The van der Waals surface area contributed by atoms with Crippen LogP contribution in [-0.2, 0) is 0 Å². The summed E-state index contributed by atoms with van der Waals surface area (Å²) in [6.45, 7) is 7.36. The van der Waals surface area contributed by atoms with Crippen molar-refractivity contribution in [2.75, 3.05) is 13.2 Å². The van der Waals surface area contributed by atoms with Crippen molar-refractivity contribution in [2.45, 2.75) is 13.3 Å². The third-order valence-electron chi connectivity index (χ3n) is 2.21. The molecule has 0 radical (unpaired) electrons. The van der Waals surface area contributed by atoms with Crippen LogP contribution < -0.4 is 9.47 Å². The summed E-state index contributed by atoms with van der Waals surface area (Å²) < 4.78 is 11.0. The number of benzene rings is 1. The van der Waals surface area contributed by atoms with E-state index in [1.54, 1.807) is 0 Å². The fraction of sp³-hybridized carbons (Fsp3) is 0.333. The van der Waals surface area contributed by atoms with Crippen LogP contribution in [0.15, 0.2) is 24.8 Å². The third-order valence-corrected chi connectivity index (χ3v) is 2.21. The Morgan fingerprint density at radius 1 is 1.50 bits per heavy atom. The molecule has 0 saturated carbocycles. The molecule has 1 aliphatic rings. The smallest absolute Gasteiger partial charge is 0.131 e. The highest BCUT2D eigenvalue weighted by molar-refractivity contribution is 5.73. The van der Waals surface area contributed by atoms with Crippen molar-refractivity contribution in [2.24, 2.45) is 0 Å². The van der Waals surface area contributed by atoms with Crippen LogP contribution in [-0.4, -0.2) is 13.2 Å². The standard InChI is InChI=1S/C12H14O2/c1-3-6-13-10-4-5-11-9(2)8-14-12(11)7-10/h4-5,7H,2-3,6,8H2,1H3. The fourth-order valence-corrected chi connectivity index (χ4v) is 1.47. The first-order valence-corrected chi connectivity index (χ1v) is 4.89. The van der Waals surface area contributed by atoms with Gasteiger partial charge in [0, 0.05) is 11.6 Å². The lowest BCUT2D eigenvalue weighted by molar-refractivity contribution is 0.314. The molecule has 2 nitrogen and oxygen atoms in total. The highest BCUT2D eigenvalue weighted by Gasteiger charge is 2.15. The summed E-state index contributed by atoms with van der Waals surface area (Å²) in [4.78, 5) is 0. The van der Waals surface area contributed by atoms with Crippen LogP contribution in [0.3, 0.4) is 0 Å².